The van der Waals surface area contributed by atoms with E-state index < -0.39 is 97.5 Å². The molecule has 5 atom stereocenters. The van der Waals surface area contributed by atoms with Crippen LogP contribution >= 0.6 is 15.6 Å². The van der Waals surface area contributed by atoms with Gasteiger partial charge in [-0.15, -0.1) is 0 Å². The molecule has 0 aromatic carbocycles. The number of unbranched alkanes of at least 4 members (excludes halogenated alkanes) is 48. The van der Waals surface area contributed by atoms with E-state index in [0.717, 1.165) is 102 Å². The molecule has 0 saturated carbocycles. The van der Waals surface area contributed by atoms with E-state index in [4.69, 9.17) is 37.0 Å². The first kappa shape index (κ1) is 96.1. The molecule has 0 aromatic heterocycles. The minimum atomic E-state index is -4.96. The van der Waals surface area contributed by atoms with Crippen molar-refractivity contribution in [2.45, 2.75) is 432 Å². The first-order valence-corrected chi connectivity index (χ1v) is 44.0. The molecule has 98 heavy (non-hydrogen) atoms. The molecule has 17 nitrogen and oxygen atoms in total. The summed E-state index contributed by atoms with van der Waals surface area (Å²) in [5.74, 6) is -0.629. The fourth-order valence-electron chi connectivity index (χ4n) is 12.2. The summed E-state index contributed by atoms with van der Waals surface area (Å²) in [5, 5.41) is 10.6. The van der Waals surface area contributed by atoms with Crippen LogP contribution in [0.2, 0.25) is 0 Å². The molecule has 0 aromatic rings. The Balaban J connectivity index is 5.18. The average Bonchev–Trinajstić information content (AvgIpc) is 1.10. The number of carbonyl (C=O) groups excluding carboxylic acids is 4. The van der Waals surface area contributed by atoms with Gasteiger partial charge in [0.1, 0.15) is 19.3 Å². The predicted octanol–water partition coefficient (Wildman–Crippen LogP) is 23.5. The van der Waals surface area contributed by atoms with Crippen molar-refractivity contribution in [3.05, 3.63) is 0 Å². The zero-order valence-corrected chi connectivity index (χ0v) is 65.9. The average molecular weight is 1440 g/mol. The minimum absolute atomic E-state index is 0.106. The zero-order valence-electron chi connectivity index (χ0n) is 64.1. The highest BCUT2D eigenvalue weighted by Crippen LogP contribution is 2.45. The molecule has 0 fully saturated rings. The number of hydrogen-bond donors (Lipinski definition) is 3. The topological polar surface area (TPSA) is 237 Å². The summed E-state index contributed by atoms with van der Waals surface area (Å²) in [5.41, 5.74) is 0. The summed E-state index contributed by atoms with van der Waals surface area (Å²) in [6, 6.07) is 0. The highest BCUT2D eigenvalue weighted by Gasteiger charge is 2.30. The molecule has 0 bridgehead atoms. The lowest BCUT2D eigenvalue weighted by Gasteiger charge is -2.21. The van der Waals surface area contributed by atoms with Gasteiger partial charge in [-0.25, -0.2) is 9.13 Å². The van der Waals surface area contributed by atoms with Crippen molar-refractivity contribution in [1.29, 1.82) is 0 Å². The molecule has 0 saturated heterocycles. The van der Waals surface area contributed by atoms with E-state index in [1.54, 1.807) is 0 Å². The Bertz CT molecular complexity index is 1890. The van der Waals surface area contributed by atoms with Gasteiger partial charge in [0.25, 0.3) is 0 Å². The lowest BCUT2D eigenvalue weighted by Crippen LogP contribution is -2.30. The van der Waals surface area contributed by atoms with Crippen molar-refractivity contribution < 1.29 is 80.2 Å². The van der Waals surface area contributed by atoms with E-state index in [1.165, 1.54) is 225 Å². The summed E-state index contributed by atoms with van der Waals surface area (Å²) >= 11 is 0. The second-order valence-electron chi connectivity index (χ2n) is 29.4. The van der Waals surface area contributed by atoms with Crippen LogP contribution in [0.25, 0.3) is 0 Å². The molecule has 0 spiro atoms. The molecule has 582 valence electrons. The Hall–Kier alpha value is -1.94. The molecule has 0 radical (unpaired) electrons. The van der Waals surface area contributed by atoms with Gasteiger partial charge in [0.05, 0.1) is 26.4 Å². The zero-order chi connectivity index (χ0) is 72.1. The van der Waals surface area contributed by atoms with Crippen molar-refractivity contribution >= 4 is 39.5 Å². The molecule has 0 aliphatic carbocycles. The van der Waals surface area contributed by atoms with Gasteiger partial charge in [0.2, 0.25) is 0 Å². The highest BCUT2D eigenvalue weighted by molar-refractivity contribution is 7.47. The molecule has 0 amide bonds. The van der Waals surface area contributed by atoms with Gasteiger partial charge in [-0.05, 0) is 37.5 Å². The van der Waals surface area contributed by atoms with Crippen molar-refractivity contribution in [3.8, 4) is 0 Å². The number of hydrogen-bond acceptors (Lipinski definition) is 15. The largest absolute Gasteiger partial charge is 0.472 e. The van der Waals surface area contributed by atoms with E-state index in [2.05, 4.69) is 41.5 Å². The molecule has 0 aliphatic heterocycles. The maximum absolute atomic E-state index is 13.1. The summed E-state index contributed by atoms with van der Waals surface area (Å²) in [6.45, 7) is 9.55. The van der Waals surface area contributed by atoms with Gasteiger partial charge < -0.3 is 33.8 Å². The third-order valence-electron chi connectivity index (χ3n) is 18.5. The summed E-state index contributed by atoms with van der Waals surface area (Å²) in [7, 11) is -9.91. The molecule has 0 aliphatic rings. The van der Waals surface area contributed by atoms with E-state index in [-0.39, 0.29) is 25.7 Å². The number of phosphoric acid groups is 2. The fourth-order valence-corrected chi connectivity index (χ4v) is 13.8. The maximum atomic E-state index is 13.1. The number of aliphatic hydroxyl groups excluding tert-OH is 1. The van der Waals surface area contributed by atoms with Crippen molar-refractivity contribution in [1.82, 2.24) is 0 Å². The van der Waals surface area contributed by atoms with Crippen LogP contribution in [0.1, 0.15) is 414 Å². The summed E-state index contributed by atoms with van der Waals surface area (Å²) in [4.78, 5) is 72.8. The van der Waals surface area contributed by atoms with Crippen LogP contribution in [0.3, 0.4) is 0 Å². The maximum Gasteiger partial charge on any atom is 0.472 e. The van der Waals surface area contributed by atoms with E-state index in [1.807, 2.05) is 0 Å². The van der Waals surface area contributed by atoms with Gasteiger partial charge in [0, 0.05) is 25.7 Å². The summed E-state index contributed by atoms with van der Waals surface area (Å²) in [6.07, 6.45) is 60.0. The smallest absolute Gasteiger partial charge is 0.462 e. The highest BCUT2D eigenvalue weighted by atomic mass is 31.2. The van der Waals surface area contributed by atoms with Crippen molar-refractivity contribution in [3.63, 3.8) is 0 Å². The summed E-state index contributed by atoms with van der Waals surface area (Å²) < 4.78 is 68.5. The number of aliphatic hydroxyl groups is 1. The Morgan fingerprint density at radius 1 is 0.276 bits per heavy atom. The lowest BCUT2D eigenvalue weighted by molar-refractivity contribution is -0.161. The fraction of sp³-hybridized carbons (Fsp3) is 0.949. The predicted molar refractivity (Wildman–Crippen MR) is 400 cm³/mol. The molecular formula is C79H154O17P2. The minimum Gasteiger partial charge on any atom is -0.462 e. The quantitative estimate of drug-likeness (QED) is 0.0222. The van der Waals surface area contributed by atoms with Gasteiger partial charge in [-0.1, -0.05) is 363 Å². The van der Waals surface area contributed by atoms with Crippen LogP contribution in [0.4, 0.5) is 0 Å². The Morgan fingerprint density at radius 2 is 0.469 bits per heavy atom. The van der Waals surface area contributed by atoms with E-state index in [0.29, 0.717) is 31.6 Å². The Morgan fingerprint density at radius 3 is 0.694 bits per heavy atom. The lowest BCUT2D eigenvalue weighted by atomic mass is 10.0. The van der Waals surface area contributed by atoms with Gasteiger partial charge in [-0.3, -0.25) is 37.3 Å². The van der Waals surface area contributed by atoms with Crippen LogP contribution < -0.4 is 0 Å². The standard InChI is InChI=1S/C79H154O17P2/c1-7-9-11-13-15-17-19-20-21-22-23-24-25-26-29-33-36-40-44-52-58-64-79(84)95-74(67-89-76(81)61-55-49-42-39-35-32-30-27-28-31-34-37-41-47-53-59-71(3)4)69-93-97(85,86)91-65-73(80)66-92-98(87,88)94-70-75(68-90-77(82)62-56-50-46-45-48-54-60-72(5)6)96-78(83)63-57-51-43-38-18-16-14-12-10-8-2/h71-75,80H,7-70H2,1-6H3,(H,85,86)(H,87,88)/t73-,74-,75-/m1/s1. The Labute approximate surface area is 600 Å². The van der Waals surface area contributed by atoms with Gasteiger partial charge >= 0.3 is 39.5 Å². The third-order valence-corrected chi connectivity index (χ3v) is 20.4. The van der Waals surface area contributed by atoms with Crippen LogP contribution in [-0.2, 0) is 65.4 Å². The number of ether oxygens (including phenoxy) is 4. The normalized spacial score (nSPS) is 13.9. The Kier molecular flexibility index (Phi) is 69.3. The molecule has 19 heteroatoms. The number of esters is 4. The molecule has 2 unspecified atom stereocenters. The van der Waals surface area contributed by atoms with Crippen molar-refractivity contribution in [2.24, 2.45) is 11.8 Å². The second kappa shape index (κ2) is 70.7. The first-order valence-electron chi connectivity index (χ1n) is 41.0. The molecule has 3 N–H and O–H groups in total. The van der Waals surface area contributed by atoms with Crippen LogP contribution in [0.15, 0.2) is 0 Å². The van der Waals surface area contributed by atoms with Crippen LogP contribution in [0.5, 0.6) is 0 Å². The third kappa shape index (κ3) is 72.4. The van der Waals surface area contributed by atoms with E-state index >= 15 is 0 Å². The van der Waals surface area contributed by atoms with Crippen LogP contribution in [-0.4, -0.2) is 96.7 Å². The number of rotatable bonds is 78. The van der Waals surface area contributed by atoms with Crippen LogP contribution in [0, 0.1) is 11.8 Å². The SMILES string of the molecule is CCCCCCCCCCCCCCCCCCCCCCCC(=O)O[C@H](COC(=O)CCCCCCCCCCCCCCCCCC(C)C)COP(=O)(O)OC[C@@H](O)COP(=O)(O)OC[C@@H](COC(=O)CCCCCCCCC(C)C)OC(=O)CCCCCCCCCCCC. The number of phosphoric ester groups is 2. The molecular weight excluding hydrogens is 1280 g/mol. The van der Waals surface area contributed by atoms with E-state index in [9.17, 15) is 43.2 Å². The number of carbonyl (C=O) groups is 4. The second-order valence-corrected chi connectivity index (χ2v) is 32.3. The van der Waals surface area contributed by atoms with Gasteiger partial charge in [-0.2, -0.15) is 0 Å². The molecule has 0 rings (SSSR count). The van der Waals surface area contributed by atoms with Crippen molar-refractivity contribution in [2.75, 3.05) is 39.6 Å². The monoisotopic (exact) mass is 1440 g/mol. The first-order chi connectivity index (χ1) is 47.4. The van der Waals surface area contributed by atoms with Gasteiger partial charge in [0.15, 0.2) is 12.2 Å². The molecule has 0 heterocycles.